The van der Waals surface area contributed by atoms with Gasteiger partial charge in [0.05, 0.1) is 18.4 Å². The third-order valence-electron chi connectivity index (χ3n) is 2.72. The first-order valence-electron chi connectivity index (χ1n) is 5.96. The molecule has 0 bridgehead atoms. The van der Waals surface area contributed by atoms with Gasteiger partial charge in [-0.3, -0.25) is 4.79 Å². The molecule has 1 N–H and O–H groups in total. The van der Waals surface area contributed by atoms with Crippen LogP contribution in [0.15, 0.2) is 42.5 Å². The molecule has 108 valence electrons. The maximum absolute atomic E-state index is 12.2. The zero-order chi connectivity index (χ0) is 15.4. The Morgan fingerprint density at radius 1 is 1.19 bits per heavy atom. The zero-order valence-electron chi connectivity index (χ0n) is 11.0. The van der Waals surface area contributed by atoms with E-state index in [1.54, 1.807) is 30.3 Å². The topological polar surface area (TPSA) is 55.4 Å². The molecular weight excluding hydrogens is 405 g/mol. The maximum atomic E-state index is 12.2. The molecule has 21 heavy (non-hydrogen) atoms. The van der Waals surface area contributed by atoms with Gasteiger partial charge in [0.25, 0.3) is 5.91 Å². The van der Waals surface area contributed by atoms with Crippen molar-refractivity contribution in [1.82, 2.24) is 0 Å². The first kappa shape index (κ1) is 15.8. The van der Waals surface area contributed by atoms with Gasteiger partial charge in [0.15, 0.2) is 0 Å². The first-order valence-corrected chi connectivity index (χ1v) is 7.41. The Hall–Kier alpha value is -1.60. The van der Waals surface area contributed by atoms with Crippen molar-refractivity contribution in [1.29, 1.82) is 0 Å². The van der Waals surface area contributed by atoms with Crippen molar-refractivity contribution in [2.24, 2.45) is 0 Å². The van der Waals surface area contributed by atoms with Crippen LogP contribution in [0.2, 0.25) is 5.02 Å². The Labute approximate surface area is 140 Å². The van der Waals surface area contributed by atoms with Gasteiger partial charge in [0.1, 0.15) is 0 Å². The van der Waals surface area contributed by atoms with Crippen LogP contribution in [0.4, 0.5) is 5.69 Å². The molecule has 0 fully saturated rings. The summed E-state index contributed by atoms with van der Waals surface area (Å²) in [5.74, 6) is -0.864. The van der Waals surface area contributed by atoms with Gasteiger partial charge in [-0.1, -0.05) is 17.7 Å². The standard InChI is InChI=1S/C15H11ClINO3/c1-21-15(20)12-8-10(16)5-6-13(12)18-14(19)9-3-2-4-11(17)7-9/h2-8H,1H3,(H,18,19). The number of ether oxygens (including phenoxy) is 1. The van der Waals surface area contributed by atoms with Crippen molar-refractivity contribution in [2.45, 2.75) is 0 Å². The summed E-state index contributed by atoms with van der Waals surface area (Å²) in [6.07, 6.45) is 0. The monoisotopic (exact) mass is 415 g/mol. The average molecular weight is 416 g/mol. The van der Waals surface area contributed by atoms with E-state index in [-0.39, 0.29) is 11.5 Å². The summed E-state index contributed by atoms with van der Waals surface area (Å²) < 4.78 is 5.64. The number of halogens is 2. The van der Waals surface area contributed by atoms with Crippen molar-refractivity contribution < 1.29 is 14.3 Å². The predicted octanol–water partition coefficient (Wildman–Crippen LogP) is 3.98. The van der Waals surface area contributed by atoms with Gasteiger partial charge >= 0.3 is 5.97 Å². The third kappa shape index (κ3) is 3.95. The molecule has 0 heterocycles. The van der Waals surface area contributed by atoms with Gasteiger partial charge < -0.3 is 10.1 Å². The van der Waals surface area contributed by atoms with Crippen LogP contribution < -0.4 is 5.32 Å². The summed E-state index contributed by atoms with van der Waals surface area (Å²) >= 11 is 8.00. The Balaban J connectivity index is 2.31. The number of carbonyl (C=O) groups is 2. The smallest absolute Gasteiger partial charge is 0.340 e. The summed E-state index contributed by atoms with van der Waals surface area (Å²) in [4.78, 5) is 23.9. The third-order valence-corrected chi connectivity index (χ3v) is 3.63. The van der Waals surface area contributed by atoms with Crippen molar-refractivity contribution in [3.8, 4) is 0 Å². The summed E-state index contributed by atoms with van der Waals surface area (Å²) in [7, 11) is 1.27. The lowest BCUT2D eigenvalue weighted by Gasteiger charge is -2.10. The maximum Gasteiger partial charge on any atom is 0.340 e. The molecule has 2 aromatic rings. The fraction of sp³-hybridized carbons (Fsp3) is 0.0667. The van der Waals surface area contributed by atoms with E-state index in [0.717, 1.165) is 3.57 Å². The summed E-state index contributed by atoms with van der Waals surface area (Å²) in [6.45, 7) is 0. The van der Waals surface area contributed by atoms with Gasteiger partial charge in [-0.15, -0.1) is 0 Å². The van der Waals surface area contributed by atoms with E-state index in [0.29, 0.717) is 16.3 Å². The molecule has 2 rings (SSSR count). The number of esters is 1. The van der Waals surface area contributed by atoms with Crippen LogP contribution in [0.5, 0.6) is 0 Å². The number of hydrogen-bond donors (Lipinski definition) is 1. The summed E-state index contributed by atoms with van der Waals surface area (Å²) in [6, 6.07) is 11.8. The minimum absolute atomic E-state index is 0.212. The van der Waals surface area contributed by atoms with Gasteiger partial charge in [-0.2, -0.15) is 0 Å². The number of rotatable bonds is 3. The fourth-order valence-corrected chi connectivity index (χ4v) is 2.44. The number of hydrogen-bond acceptors (Lipinski definition) is 3. The summed E-state index contributed by atoms with van der Waals surface area (Å²) in [5.41, 5.74) is 1.08. The molecule has 0 unspecified atom stereocenters. The lowest BCUT2D eigenvalue weighted by molar-refractivity contribution is 0.0602. The molecule has 0 aliphatic carbocycles. The van der Waals surface area contributed by atoms with Crippen molar-refractivity contribution >= 4 is 51.8 Å². The fourth-order valence-electron chi connectivity index (χ4n) is 1.73. The highest BCUT2D eigenvalue weighted by Gasteiger charge is 2.15. The van der Waals surface area contributed by atoms with Crippen LogP contribution in [-0.4, -0.2) is 19.0 Å². The highest BCUT2D eigenvalue weighted by molar-refractivity contribution is 14.1. The van der Waals surface area contributed by atoms with Crippen LogP contribution in [0.3, 0.4) is 0 Å². The van der Waals surface area contributed by atoms with E-state index in [1.165, 1.54) is 13.2 Å². The van der Waals surface area contributed by atoms with Crippen molar-refractivity contribution in [2.75, 3.05) is 12.4 Å². The van der Waals surface area contributed by atoms with E-state index < -0.39 is 5.97 Å². The Morgan fingerprint density at radius 2 is 1.95 bits per heavy atom. The molecule has 0 aliphatic rings. The van der Waals surface area contributed by atoms with Gasteiger partial charge in [-0.05, 0) is 59.0 Å². The van der Waals surface area contributed by atoms with Crippen LogP contribution in [0.1, 0.15) is 20.7 Å². The zero-order valence-corrected chi connectivity index (χ0v) is 13.9. The molecule has 0 radical (unpaired) electrons. The van der Waals surface area contributed by atoms with Crippen LogP contribution in [0.25, 0.3) is 0 Å². The highest BCUT2D eigenvalue weighted by Crippen LogP contribution is 2.22. The molecule has 4 nitrogen and oxygen atoms in total. The van der Waals surface area contributed by atoms with E-state index in [2.05, 4.69) is 32.6 Å². The average Bonchev–Trinajstić information content (AvgIpc) is 2.48. The van der Waals surface area contributed by atoms with Gasteiger partial charge in [0.2, 0.25) is 0 Å². The van der Waals surface area contributed by atoms with Gasteiger partial charge in [0, 0.05) is 14.2 Å². The molecule has 1 amide bonds. The van der Waals surface area contributed by atoms with E-state index in [9.17, 15) is 9.59 Å². The molecule has 2 aromatic carbocycles. The van der Waals surface area contributed by atoms with E-state index in [1.807, 2.05) is 6.07 Å². The number of nitrogens with one attached hydrogen (secondary N) is 1. The molecule has 0 aliphatic heterocycles. The second-order valence-corrected chi connectivity index (χ2v) is 5.83. The lowest BCUT2D eigenvalue weighted by Crippen LogP contribution is -2.15. The lowest BCUT2D eigenvalue weighted by atomic mass is 10.1. The van der Waals surface area contributed by atoms with Crippen LogP contribution >= 0.6 is 34.2 Å². The largest absolute Gasteiger partial charge is 0.465 e. The van der Waals surface area contributed by atoms with Crippen LogP contribution in [-0.2, 0) is 4.74 Å². The Kier molecular flexibility index (Phi) is 5.19. The molecule has 0 saturated heterocycles. The number of anilines is 1. The number of carbonyl (C=O) groups excluding carboxylic acids is 2. The Morgan fingerprint density at radius 3 is 2.62 bits per heavy atom. The second kappa shape index (κ2) is 6.91. The normalized spacial score (nSPS) is 10.0. The second-order valence-electron chi connectivity index (χ2n) is 4.15. The first-order chi connectivity index (χ1) is 10.0. The van der Waals surface area contributed by atoms with Crippen molar-refractivity contribution in [3.63, 3.8) is 0 Å². The quantitative estimate of drug-likeness (QED) is 0.609. The van der Waals surface area contributed by atoms with E-state index in [4.69, 9.17) is 11.6 Å². The minimum Gasteiger partial charge on any atom is -0.465 e. The van der Waals surface area contributed by atoms with Crippen LogP contribution in [0, 0.1) is 3.57 Å². The van der Waals surface area contributed by atoms with Crippen molar-refractivity contribution in [3.05, 3.63) is 62.2 Å². The predicted molar refractivity (Wildman–Crippen MR) is 89.9 cm³/mol. The molecule has 6 heteroatoms. The molecule has 0 aromatic heterocycles. The molecule has 0 saturated carbocycles. The number of methoxy groups -OCH3 is 1. The molecule has 0 atom stereocenters. The SMILES string of the molecule is COC(=O)c1cc(Cl)ccc1NC(=O)c1cccc(I)c1. The number of benzene rings is 2. The Bertz CT molecular complexity index is 703. The summed E-state index contributed by atoms with van der Waals surface area (Å²) in [5, 5.41) is 3.09. The minimum atomic E-state index is -0.560. The van der Waals surface area contributed by atoms with E-state index >= 15 is 0 Å². The highest BCUT2D eigenvalue weighted by atomic mass is 127. The molecule has 0 spiro atoms. The molecular formula is C15H11ClINO3. The van der Waals surface area contributed by atoms with Gasteiger partial charge in [-0.25, -0.2) is 4.79 Å². The number of amides is 1.